The van der Waals surface area contributed by atoms with E-state index in [1.54, 1.807) is 24.3 Å². The zero-order valence-corrected chi connectivity index (χ0v) is 13.2. The summed E-state index contributed by atoms with van der Waals surface area (Å²) in [5.41, 5.74) is -0.217. The molecule has 0 aliphatic carbocycles. The lowest BCUT2D eigenvalue weighted by Crippen LogP contribution is -2.49. The number of benzene rings is 1. The number of carboxylic acids is 1. The second-order valence-electron chi connectivity index (χ2n) is 5.30. The lowest BCUT2D eigenvalue weighted by molar-refractivity contribution is -0.138. The average molecular weight is 324 g/mol. The van der Waals surface area contributed by atoms with Gasteiger partial charge in [-0.05, 0) is 37.1 Å². The quantitative estimate of drug-likeness (QED) is 0.846. The molecule has 6 heteroatoms. The van der Waals surface area contributed by atoms with Gasteiger partial charge in [0.05, 0.1) is 12.0 Å². The van der Waals surface area contributed by atoms with Gasteiger partial charge in [-0.25, -0.2) is 0 Å². The number of furan rings is 1. The van der Waals surface area contributed by atoms with Crippen LogP contribution in [0.2, 0.25) is 5.02 Å². The molecule has 0 unspecified atom stereocenters. The molecular formula is C16H18ClNO4. The molecule has 0 saturated carbocycles. The highest BCUT2D eigenvalue weighted by atomic mass is 35.5. The molecule has 0 spiro atoms. The minimum Gasteiger partial charge on any atom is -0.481 e. The van der Waals surface area contributed by atoms with Crippen molar-refractivity contribution in [3.05, 3.63) is 35.0 Å². The zero-order chi connectivity index (χ0) is 16.3. The Morgan fingerprint density at radius 3 is 2.55 bits per heavy atom. The monoisotopic (exact) mass is 323 g/mol. The number of carboxylic acid groups (broad SMARTS) is 1. The van der Waals surface area contributed by atoms with Gasteiger partial charge in [-0.1, -0.05) is 25.4 Å². The summed E-state index contributed by atoms with van der Waals surface area (Å²) in [5, 5.41) is 13.1. The van der Waals surface area contributed by atoms with Crippen LogP contribution in [0, 0.1) is 0 Å². The van der Waals surface area contributed by atoms with E-state index in [0.717, 1.165) is 5.39 Å². The fraction of sp³-hybridized carbons (Fsp3) is 0.375. The molecule has 1 aromatic heterocycles. The third-order valence-corrected chi connectivity index (χ3v) is 4.16. The third-order valence-electron chi connectivity index (χ3n) is 3.92. The topological polar surface area (TPSA) is 79.5 Å². The summed E-state index contributed by atoms with van der Waals surface area (Å²) in [6, 6.07) is 6.69. The number of carbonyl (C=O) groups is 2. The highest BCUT2D eigenvalue weighted by molar-refractivity contribution is 6.31. The van der Waals surface area contributed by atoms with Gasteiger partial charge < -0.3 is 14.8 Å². The van der Waals surface area contributed by atoms with E-state index >= 15 is 0 Å². The number of fused-ring (bicyclic) bond motifs is 1. The van der Waals surface area contributed by atoms with Crippen molar-refractivity contribution in [2.75, 3.05) is 0 Å². The number of halogens is 1. The Morgan fingerprint density at radius 1 is 1.27 bits per heavy atom. The highest BCUT2D eigenvalue weighted by Gasteiger charge is 2.32. The van der Waals surface area contributed by atoms with E-state index in [0.29, 0.717) is 23.4 Å². The molecule has 0 atom stereocenters. The predicted octanol–water partition coefficient (Wildman–Crippen LogP) is 3.85. The van der Waals surface area contributed by atoms with Crippen molar-refractivity contribution >= 4 is 34.4 Å². The fourth-order valence-electron chi connectivity index (χ4n) is 2.44. The SMILES string of the molecule is CCC(CC)(CC(=O)O)NC(=O)c1cc2cc(Cl)ccc2o1. The van der Waals surface area contributed by atoms with Crippen molar-refractivity contribution < 1.29 is 19.1 Å². The molecule has 5 nitrogen and oxygen atoms in total. The molecule has 0 radical (unpaired) electrons. The molecule has 2 aromatic rings. The van der Waals surface area contributed by atoms with Crippen molar-refractivity contribution in [3.8, 4) is 0 Å². The Labute approximate surface area is 133 Å². The van der Waals surface area contributed by atoms with Crippen LogP contribution in [0.15, 0.2) is 28.7 Å². The number of aliphatic carboxylic acids is 1. The lowest BCUT2D eigenvalue weighted by Gasteiger charge is -2.30. The first kappa shape index (κ1) is 16.4. The first-order chi connectivity index (χ1) is 10.4. The van der Waals surface area contributed by atoms with E-state index in [-0.39, 0.29) is 12.2 Å². The van der Waals surface area contributed by atoms with Crippen LogP contribution >= 0.6 is 11.6 Å². The largest absolute Gasteiger partial charge is 0.481 e. The van der Waals surface area contributed by atoms with Gasteiger partial charge in [0.1, 0.15) is 5.58 Å². The van der Waals surface area contributed by atoms with E-state index in [2.05, 4.69) is 5.32 Å². The van der Waals surface area contributed by atoms with Crippen LogP contribution in [0.3, 0.4) is 0 Å². The maximum absolute atomic E-state index is 12.4. The summed E-state index contributed by atoms with van der Waals surface area (Å²) in [4.78, 5) is 23.4. The predicted molar refractivity (Wildman–Crippen MR) is 84.3 cm³/mol. The summed E-state index contributed by atoms with van der Waals surface area (Å²) in [7, 11) is 0. The highest BCUT2D eigenvalue weighted by Crippen LogP contribution is 2.25. The van der Waals surface area contributed by atoms with Crippen LogP contribution in [0.1, 0.15) is 43.7 Å². The van der Waals surface area contributed by atoms with E-state index in [4.69, 9.17) is 21.1 Å². The number of hydrogen-bond acceptors (Lipinski definition) is 3. The summed E-state index contributed by atoms with van der Waals surface area (Å²) in [6.07, 6.45) is 0.916. The maximum atomic E-state index is 12.4. The van der Waals surface area contributed by atoms with Gasteiger partial charge in [0, 0.05) is 10.4 Å². The maximum Gasteiger partial charge on any atom is 0.305 e. The van der Waals surface area contributed by atoms with Gasteiger partial charge in [-0.2, -0.15) is 0 Å². The number of hydrogen-bond donors (Lipinski definition) is 2. The minimum absolute atomic E-state index is 0.127. The summed E-state index contributed by atoms with van der Waals surface area (Å²) in [6.45, 7) is 3.70. The molecule has 0 saturated heterocycles. The van der Waals surface area contributed by atoms with Crippen LogP contribution in [0.4, 0.5) is 0 Å². The van der Waals surface area contributed by atoms with Crippen molar-refractivity contribution in [3.63, 3.8) is 0 Å². The molecule has 1 heterocycles. The van der Waals surface area contributed by atoms with E-state index < -0.39 is 17.4 Å². The molecule has 0 aliphatic rings. The summed E-state index contributed by atoms with van der Waals surface area (Å²) >= 11 is 5.91. The summed E-state index contributed by atoms with van der Waals surface area (Å²) < 4.78 is 5.51. The second-order valence-corrected chi connectivity index (χ2v) is 5.74. The van der Waals surface area contributed by atoms with Gasteiger partial charge in [-0.15, -0.1) is 0 Å². The van der Waals surface area contributed by atoms with Crippen molar-refractivity contribution in [1.82, 2.24) is 5.32 Å². The molecule has 2 N–H and O–H groups in total. The lowest BCUT2D eigenvalue weighted by atomic mass is 9.89. The van der Waals surface area contributed by atoms with Crippen LogP contribution < -0.4 is 5.32 Å². The molecule has 1 amide bonds. The molecule has 0 bridgehead atoms. The third kappa shape index (κ3) is 3.42. The summed E-state index contributed by atoms with van der Waals surface area (Å²) in [5.74, 6) is -1.22. The average Bonchev–Trinajstić information content (AvgIpc) is 2.89. The van der Waals surface area contributed by atoms with Gasteiger partial charge in [-0.3, -0.25) is 9.59 Å². The number of nitrogens with one attached hydrogen (secondary N) is 1. The van der Waals surface area contributed by atoms with Crippen molar-refractivity contribution in [2.24, 2.45) is 0 Å². The van der Waals surface area contributed by atoms with Crippen molar-refractivity contribution in [2.45, 2.75) is 38.6 Å². The van der Waals surface area contributed by atoms with Crippen LogP contribution in [-0.2, 0) is 4.79 Å². The Morgan fingerprint density at radius 2 is 1.95 bits per heavy atom. The Hall–Kier alpha value is -2.01. The van der Waals surface area contributed by atoms with Crippen LogP contribution in [-0.4, -0.2) is 22.5 Å². The first-order valence-corrected chi connectivity index (χ1v) is 7.50. The van der Waals surface area contributed by atoms with Crippen LogP contribution in [0.5, 0.6) is 0 Å². The smallest absolute Gasteiger partial charge is 0.305 e. The van der Waals surface area contributed by atoms with Gasteiger partial charge >= 0.3 is 5.97 Å². The number of rotatable bonds is 6. The molecule has 118 valence electrons. The standard InChI is InChI=1S/C16H18ClNO4/c1-3-16(4-2,9-14(19)20)18-15(21)13-8-10-7-11(17)5-6-12(10)22-13/h5-8H,3-4,9H2,1-2H3,(H,18,21)(H,19,20). The number of amides is 1. The Bertz CT molecular complexity index is 703. The van der Waals surface area contributed by atoms with Gasteiger partial charge in [0.2, 0.25) is 0 Å². The molecule has 0 aliphatic heterocycles. The molecule has 22 heavy (non-hydrogen) atoms. The Kier molecular flexibility index (Phi) is 4.76. The fourth-order valence-corrected chi connectivity index (χ4v) is 2.62. The van der Waals surface area contributed by atoms with Gasteiger partial charge in [0.25, 0.3) is 5.91 Å². The molecule has 1 aromatic carbocycles. The number of carbonyl (C=O) groups excluding carboxylic acids is 1. The molecule has 2 rings (SSSR count). The first-order valence-electron chi connectivity index (χ1n) is 7.12. The molecular weight excluding hydrogens is 306 g/mol. The Balaban J connectivity index is 2.26. The van der Waals surface area contributed by atoms with E-state index in [1.165, 1.54) is 0 Å². The van der Waals surface area contributed by atoms with Crippen LogP contribution in [0.25, 0.3) is 11.0 Å². The normalized spacial score (nSPS) is 11.6. The van der Waals surface area contributed by atoms with E-state index in [9.17, 15) is 9.59 Å². The van der Waals surface area contributed by atoms with Gasteiger partial charge in [0.15, 0.2) is 5.76 Å². The molecule has 0 fully saturated rings. The van der Waals surface area contributed by atoms with Crippen molar-refractivity contribution in [1.29, 1.82) is 0 Å². The van der Waals surface area contributed by atoms with E-state index in [1.807, 2.05) is 13.8 Å². The zero-order valence-electron chi connectivity index (χ0n) is 12.5. The minimum atomic E-state index is -0.944. The second kappa shape index (κ2) is 6.40.